The average Bonchev–Trinajstić information content (AvgIpc) is 3.20. The van der Waals surface area contributed by atoms with Crippen LogP contribution in [0.5, 0.6) is 17.4 Å². The van der Waals surface area contributed by atoms with Crippen LogP contribution in [-0.2, 0) is 21.1 Å². The van der Waals surface area contributed by atoms with E-state index in [0.717, 1.165) is 38.6 Å². The number of ether oxygens (including phenoxy) is 1. The number of benzene rings is 3. The molecule has 0 bridgehead atoms. The number of phenols is 1. The molecule has 3 heterocycles. The summed E-state index contributed by atoms with van der Waals surface area (Å²) in [4.78, 5) is 9.25. The van der Waals surface area contributed by atoms with Crippen LogP contribution < -0.4 is 4.74 Å². The van der Waals surface area contributed by atoms with E-state index in [4.69, 9.17) is 9.72 Å². The van der Waals surface area contributed by atoms with Gasteiger partial charge in [0.2, 0.25) is 5.88 Å². The van der Waals surface area contributed by atoms with Gasteiger partial charge in [0.1, 0.15) is 17.1 Å². The number of para-hydroxylation sites is 1. The van der Waals surface area contributed by atoms with E-state index >= 15 is 0 Å². The predicted molar refractivity (Wildman–Crippen MR) is 140 cm³/mol. The first-order valence-electron chi connectivity index (χ1n) is 11.7. The minimum atomic E-state index is 0. The molecule has 0 atom stereocenters. The van der Waals surface area contributed by atoms with Crippen LogP contribution in [-0.4, -0.2) is 19.6 Å². The van der Waals surface area contributed by atoms with Crippen molar-refractivity contribution in [2.75, 3.05) is 0 Å². The fraction of sp³-hybridized carbons (Fsp3) is 0.133. The van der Waals surface area contributed by atoms with E-state index < -0.39 is 0 Å². The molecule has 182 valence electrons. The molecule has 6 rings (SSSR count). The molecule has 0 aliphatic heterocycles. The van der Waals surface area contributed by atoms with Gasteiger partial charge in [-0.2, -0.15) is 6.07 Å². The third-order valence-corrected chi connectivity index (χ3v) is 6.47. The number of aromatic nitrogens is 3. The second-order valence-corrected chi connectivity index (χ2v) is 9.09. The number of aromatic hydroxyl groups is 1. The summed E-state index contributed by atoms with van der Waals surface area (Å²) < 4.78 is 8.26. The quantitative estimate of drug-likeness (QED) is 0.201. The molecule has 0 saturated carbocycles. The summed E-state index contributed by atoms with van der Waals surface area (Å²) in [6.07, 6.45) is 1.86. The Hall–Kier alpha value is -3.69. The van der Waals surface area contributed by atoms with Crippen molar-refractivity contribution in [2.24, 2.45) is 0 Å². The Kier molecular flexibility index (Phi) is 6.27. The zero-order chi connectivity index (χ0) is 24.1. The van der Waals surface area contributed by atoms with Crippen LogP contribution in [0.2, 0.25) is 0 Å². The van der Waals surface area contributed by atoms with Crippen molar-refractivity contribution in [3.05, 3.63) is 96.2 Å². The molecule has 1 N–H and O–H groups in total. The van der Waals surface area contributed by atoms with Gasteiger partial charge in [0.25, 0.3) is 0 Å². The van der Waals surface area contributed by atoms with Gasteiger partial charge in [0.05, 0.1) is 0 Å². The average molecular weight is 654 g/mol. The molecule has 0 aliphatic rings. The van der Waals surface area contributed by atoms with Crippen LogP contribution in [0.1, 0.15) is 30.9 Å². The number of pyridine rings is 2. The largest absolute Gasteiger partial charge is 0.506 e. The summed E-state index contributed by atoms with van der Waals surface area (Å²) in [7, 11) is 0. The van der Waals surface area contributed by atoms with Crippen molar-refractivity contribution >= 4 is 32.7 Å². The molecule has 0 spiro atoms. The number of aryl methyl sites for hydroxylation is 1. The van der Waals surface area contributed by atoms with Crippen molar-refractivity contribution in [2.45, 2.75) is 26.7 Å². The van der Waals surface area contributed by atoms with Crippen molar-refractivity contribution in [3.8, 4) is 23.2 Å². The summed E-state index contributed by atoms with van der Waals surface area (Å²) in [5.41, 5.74) is 4.74. The van der Waals surface area contributed by atoms with Gasteiger partial charge in [-0.3, -0.25) is 0 Å². The molecule has 6 heteroatoms. The topological polar surface area (TPSA) is 60.2 Å². The van der Waals surface area contributed by atoms with Crippen molar-refractivity contribution in [1.29, 1.82) is 0 Å². The number of fused-ring (bicyclic) bond motifs is 4. The zero-order valence-electron chi connectivity index (χ0n) is 20.1. The summed E-state index contributed by atoms with van der Waals surface area (Å²) in [6, 6.07) is 27.2. The van der Waals surface area contributed by atoms with Crippen LogP contribution >= 0.6 is 0 Å². The van der Waals surface area contributed by atoms with Gasteiger partial charge >= 0.3 is 0 Å². The van der Waals surface area contributed by atoms with Crippen LogP contribution in [0.4, 0.5) is 0 Å². The molecular weight excluding hydrogens is 629 g/mol. The molecule has 5 nitrogen and oxygen atoms in total. The minimum absolute atomic E-state index is 0. The zero-order valence-corrected chi connectivity index (χ0v) is 22.4. The fourth-order valence-corrected chi connectivity index (χ4v) is 4.58. The van der Waals surface area contributed by atoms with E-state index in [0.29, 0.717) is 23.1 Å². The van der Waals surface area contributed by atoms with Crippen LogP contribution in [0.25, 0.3) is 38.5 Å². The summed E-state index contributed by atoms with van der Waals surface area (Å²) in [5.74, 6) is 2.32. The molecule has 0 aliphatic carbocycles. The molecular formula is C30H24N3O2Pt-. The molecule has 0 fully saturated rings. The Morgan fingerprint density at radius 3 is 2.56 bits per heavy atom. The van der Waals surface area contributed by atoms with Gasteiger partial charge in [-0.25, -0.2) is 9.97 Å². The van der Waals surface area contributed by atoms with Crippen LogP contribution in [0.3, 0.4) is 0 Å². The van der Waals surface area contributed by atoms with E-state index in [1.165, 1.54) is 5.56 Å². The van der Waals surface area contributed by atoms with Crippen LogP contribution in [0, 0.1) is 13.0 Å². The van der Waals surface area contributed by atoms with E-state index in [9.17, 15) is 5.11 Å². The van der Waals surface area contributed by atoms with Gasteiger partial charge < -0.3 is 14.4 Å². The Labute approximate surface area is 223 Å². The smallest absolute Gasteiger partial charge is 0.217 e. The van der Waals surface area contributed by atoms with E-state index in [2.05, 4.69) is 59.8 Å². The second-order valence-electron chi connectivity index (χ2n) is 9.09. The number of hydrogen-bond donors (Lipinski definition) is 1. The Balaban J connectivity index is 0.00000267. The maximum Gasteiger partial charge on any atom is 0.217 e. The third kappa shape index (κ3) is 4.04. The second kappa shape index (κ2) is 9.40. The Bertz CT molecular complexity index is 1740. The molecule has 3 aromatic carbocycles. The van der Waals surface area contributed by atoms with Gasteiger partial charge in [-0.05, 0) is 59.7 Å². The first kappa shape index (κ1) is 24.0. The number of rotatable bonds is 4. The minimum Gasteiger partial charge on any atom is -0.506 e. The molecule has 36 heavy (non-hydrogen) atoms. The van der Waals surface area contributed by atoms with Gasteiger partial charge in [0.15, 0.2) is 0 Å². The Morgan fingerprint density at radius 2 is 1.72 bits per heavy atom. The van der Waals surface area contributed by atoms with Gasteiger partial charge in [-0.1, -0.05) is 43.6 Å². The van der Waals surface area contributed by atoms with Crippen LogP contribution in [0.15, 0.2) is 79.0 Å². The first-order valence-corrected chi connectivity index (χ1v) is 11.7. The number of hydrogen-bond acceptors (Lipinski definition) is 4. The van der Waals surface area contributed by atoms with Crippen molar-refractivity contribution in [1.82, 2.24) is 14.5 Å². The third-order valence-electron chi connectivity index (χ3n) is 6.47. The van der Waals surface area contributed by atoms with E-state index in [-0.39, 0.29) is 26.8 Å². The molecule has 0 radical (unpaired) electrons. The normalized spacial score (nSPS) is 11.3. The van der Waals surface area contributed by atoms with E-state index in [1.807, 2.05) is 49.5 Å². The standard InChI is InChI=1S/C30H24N3O2.Pt/c1-18(2)20-14-15-31-28(16-20)33-25-7-5-4-6-23(25)24-10-9-21(17-26(24)33)35-29-13-11-22-19(3)8-12-27(34)30(22)32-29;/h4-16,18,34H,1-3H3;/q-1;. The van der Waals surface area contributed by atoms with E-state index in [1.54, 1.807) is 6.07 Å². The summed E-state index contributed by atoms with van der Waals surface area (Å²) >= 11 is 0. The fourth-order valence-electron chi connectivity index (χ4n) is 4.58. The monoisotopic (exact) mass is 653 g/mol. The molecule has 0 amide bonds. The number of phenolic OH excluding ortho intramolecular Hbond substituents is 1. The molecule has 6 aromatic rings. The first-order chi connectivity index (χ1) is 17.0. The summed E-state index contributed by atoms with van der Waals surface area (Å²) in [6.45, 7) is 6.35. The van der Waals surface area contributed by atoms with Crippen molar-refractivity contribution < 1.29 is 30.9 Å². The molecule has 3 aromatic heterocycles. The summed E-state index contributed by atoms with van der Waals surface area (Å²) in [5, 5.41) is 13.4. The SMILES string of the molecule is Cc1ccc(O)c2nc(Oc3[c-]c4c(cc3)c3ccccc3n4-c3cc(C(C)C)ccn3)ccc12.[Pt]. The van der Waals surface area contributed by atoms with Gasteiger partial charge in [-0.15, -0.1) is 17.5 Å². The number of nitrogens with zero attached hydrogens (tertiary/aromatic N) is 3. The van der Waals surface area contributed by atoms with Crippen molar-refractivity contribution in [3.63, 3.8) is 0 Å². The molecule has 0 saturated heterocycles. The maximum atomic E-state index is 10.3. The Morgan fingerprint density at radius 1 is 0.917 bits per heavy atom. The predicted octanol–water partition coefficient (Wildman–Crippen LogP) is 7.45. The maximum absolute atomic E-state index is 10.3. The molecule has 0 unspecified atom stereocenters. The van der Waals surface area contributed by atoms with Gasteiger partial charge in [0, 0.05) is 50.0 Å².